The summed E-state index contributed by atoms with van der Waals surface area (Å²) in [5.74, 6) is 1.48. The van der Waals surface area contributed by atoms with Crippen molar-refractivity contribution >= 4 is 5.91 Å². The van der Waals surface area contributed by atoms with Gasteiger partial charge in [0, 0.05) is 32.7 Å². The first-order valence-corrected chi connectivity index (χ1v) is 8.83. The maximum absolute atomic E-state index is 12.9. The molecule has 2 saturated heterocycles. The van der Waals surface area contributed by atoms with Crippen LogP contribution in [0.4, 0.5) is 0 Å². The molecule has 132 valence electrons. The number of hydrogen-bond donors (Lipinski definition) is 0. The molecule has 1 aromatic rings. The number of ether oxygens (including phenoxy) is 2. The number of benzene rings is 1. The zero-order chi connectivity index (χ0) is 17.1. The fraction of sp³-hybridized carbons (Fsp3) is 0.632. The number of carbonyl (C=O) groups is 1. The van der Waals surface area contributed by atoms with Crippen LogP contribution in [-0.2, 0) is 16.0 Å². The lowest BCUT2D eigenvalue weighted by Gasteiger charge is -2.41. The average molecular weight is 332 g/mol. The van der Waals surface area contributed by atoms with Gasteiger partial charge >= 0.3 is 0 Å². The molecule has 3 atom stereocenters. The normalized spacial score (nSPS) is 27.1. The number of nitrogens with zero attached hydrogens (tertiary/aromatic N) is 2. The molecule has 2 aliphatic rings. The van der Waals surface area contributed by atoms with Gasteiger partial charge in [-0.05, 0) is 30.7 Å². The van der Waals surface area contributed by atoms with Crippen LogP contribution in [0.5, 0.6) is 5.75 Å². The van der Waals surface area contributed by atoms with E-state index in [9.17, 15) is 4.79 Å². The highest BCUT2D eigenvalue weighted by Gasteiger charge is 2.45. The third-order valence-corrected chi connectivity index (χ3v) is 5.53. The lowest BCUT2D eigenvalue weighted by Crippen LogP contribution is -2.54. The van der Waals surface area contributed by atoms with Gasteiger partial charge in [0.05, 0.1) is 25.7 Å². The van der Waals surface area contributed by atoms with Crippen LogP contribution < -0.4 is 4.74 Å². The van der Waals surface area contributed by atoms with Crippen LogP contribution in [0.15, 0.2) is 24.3 Å². The molecule has 0 unspecified atom stereocenters. The van der Waals surface area contributed by atoms with Gasteiger partial charge in [0.25, 0.3) is 0 Å². The second-order valence-electron chi connectivity index (χ2n) is 6.76. The summed E-state index contributed by atoms with van der Waals surface area (Å²) in [5, 5.41) is 0. The second kappa shape index (κ2) is 7.53. The van der Waals surface area contributed by atoms with Crippen LogP contribution in [0.2, 0.25) is 0 Å². The van der Waals surface area contributed by atoms with Gasteiger partial charge in [-0.15, -0.1) is 0 Å². The molecule has 0 bridgehead atoms. The lowest BCUT2D eigenvalue weighted by molar-refractivity contribution is -0.138. The molecule has 2 aliphatic heterocycles. The Hall–Kier alpha value is -1.59. The highest BCUT2D eigenvalue weighted by molar-refractivity contribution is 5.79. The smallest absolute Gasteiger partial charge is 0.227 e. The predicted molar refractivity (Wildman–Crippen MR) is 93.2 cm³/mol. The van der Waals surface area contributed by atoms with Crippen molar-refractivity contribution in [3.05, 3.63) is 29.8 Å². The fourth-order valence-corrected chi connectivity index (χ4v) is 4.12. The first kappa shape index (κ1) is 17.2. The highest BCUT2D eigenvalue weighted by Crippen LogP contribution is 2.32. The molecule has 3 rings (SSSR count). The maximum atomic E-state index is 12.9. The van der Waals surface area contributed by atoms with Crippen molar-refractivity contribution in [2.75, 3.05) is 40.4 Å². The number of piperidine rings is 1. The zero-order valence-electron chi connectivity index (χ0n) is 14.9. The van der Waals surface area contributed by atoms with E-state index in [0.717, 1.165) is 43.9 Å². The Morgan fingerprint density at radius 1 is 1.21 bits per heavy atom. The van der Waals surface area contributed by atoms with E-state index in [4.69, 9.17) is 9.47 Å². The number of amides is 1. The third kappa shape index (κ3) is 3.42. The van der Waals surface area contributed by atoms with E-state index in [1.54, 1.807) is 14.2 Å². The molecular weight excluding hydrogens is 304 g/mol. The predicted octanol–water partition coefficient (Wildman–Crippen LogP) is 1.81. The van der Waals surface area contributed by atoms with Gasteiger partial charge in [0.15, 0.2) is 0 Å². The van der Waals surface area contributed by atoms with E-state index in [2.05, 4.69) is 16.7 Å². The van der Waals surface area contributed by atoms with Crippen molar-refractivity contribution in [2.24, 2.45) is 5.92 Å². The molecule has 1 amide bonds. The minimum atomic E-state index is 0.225. The molecule has 24 heavy (non-hydrogen) atoms. The number of fused-ring (bicyclic) bond motifs is 1. The molecule has 0 N–H and O–H groups in total. The highest BCUT2D eigenvalue weighted by atomic mass is 16.5. The fourth-order valence-electron chi connectivity index (χ4n) is 4.12. The minimum Gasteiger partial charge on any atom is -0.497 e. The van der Waals surface area contributed by atoms with Crippen LogP contribution >= 0.6 is 0 Å². The third-order valence-electron chi connectivity index (χ3n) is 5.53. The SMILES string of the molecule is CCN1C[C@@H]2[C@@H](OC)CCN(C(=O)Cc3ccc(OC)cc3)[C@@H]2C1. The quantitative estimate of drug-likeness (QED) is 0.825. The molecule has 2 fully saturated rings. The molecule has 2 heterocycles. The van der Waals surface area contributed by atoms with Gasteiger partial charge in [-0.3, -0.25) is 4.79 Å². The summed E-state index contributed by atoms with van der Waals surface area (Å²) in [6.45, 7) is 6.01. The number of methoxy groups -OCH3 is 2. The summed E-state index contributed by atoms with van der Waals surface area (Å²) < 4.78 is 10.9. The Kier molecular flexibility index (Phi) is 5.41. The first-order chi connectivity index (χ1) is 11.7. The van der Waals surface area contributed by atoms with E-state index in [1.807, 2.05) is 24.3 Å². The lowest BCUT2D eigenvalue weighted by atomic mass is 9.88. The number of likely N-dealkylation sites (N-methyl/N-ethyl adjacent to an activating group) is 1. The molecule has 0 spiro atoms. The number of hydrogen-bond acceptors (Lipinski definition) is 4. The van der Waals surface area contributed by atoms with E-state index < -0.39 is 0 Å². The van der Waals surface area contributed by atoms with E-state index in [-0.39, 0.29) is 18.1 Å². The molecule has 0 saturated carbocycles. The molecule has 1 aromatic carbocycles. The molecule has 0 aliphatic carbocycles. The number of likely N-dealkylation sites (tertiary alicyclic amines) is 2. The van der Waals surface area contributed by atoms with Gasteiger partial charge in [-0.1, -0.05) is 19.1 Å². The summed E-state index contributed by atoms with van der Waals surface area (Å²) in [6, 6.07) is 8.06. The van der Waals surface area contributed by atoms with Crippen LogP contribution in [0.1, 0.15) is 18.9 Å². The molecule has 0 aromatic heterocycles. The van der Waals surface area contributed by atoms with Crippen molar-refractivity contribution in [3.8, 4) is 5.75 Å². The monoisotopic (exact) mass is 332 g/mol. The van der Waals surface area contributed by atoms with Gasteiger partial charge in [-0.2, -0.15) is 0 Å². The standard InChI is InChI=1S/C19H28N2O3/c1-4-20-12-16-17(13-20)21(10-9-18(16)24-3)19(22)11-14-5-7-15(23-2)8-6-14/h5-8,16-18H,4,9-13H2,1-3H3/t16-,17+,18-/m0/s1. The topological polar surface area (TPSA) is 42.0 Å². The van der Waals surface area contributed by atoms with E-state index in [1.165, 1.54) is 0 Å². The zero-order valence-corrected chi connectivity index (χ0v) is 14.9. The molecule has 0 radical (unpaired) electrons. The first-order valence-electron chi connectivity index (χ1n) is 8.83. The largest absolute Gasteiger partial charge is 0.497 e. The summed E-state index contributed by atoms with van der Waals surface area (Å²) >= 11 is 0. The minimum absolute atomic E-state index is 0.225. The molecule has 5 heteroatoms. The summed E-state index contributed by atoms with van der Waals surface area (Å²) in [6.07, 6.45) is 1.66. The Morgan fingerprint density at radius 3 is 2.58 bits per heavy atom. The van der Waals surface area contributed by atoms with E-state index in [0.29, 0.717) is 12.3 Å². The summed E-state index contributed by atoms with van der Waals surface area (Å²) in [5.41, 5.74) is 1.04. The Morgan fingerprint density at radius 2 is 1.96 bits per heavy atom. The second-order valence-corrected chi connectivity index (χ2v) is 6.76. The van der Waals surface area contributed by atoms with Gasteiger partial charge in [0.2, 0.25) is 5.91 Å². The van der Waals surface area contributed by atoms with Crippen LogP contribution in [0.25, 0.3) is 0 Å². The molecular formula is C19H28N2O3. The Labute approximate surface area is 144 Å². The number of rotatable bonds is 5. The van der Waals surface area contributed by atoms with Crippen LogP contribution in [-0.4, -0.2) is 68.3 Å². The maximum Gasteiger partial charge on any atom is 0.227 e. The van der Waals surface area contributed by atoms with E-state index >= 15 is 0 Å². The van der Waals surface area contributed by atoms with Crippen molar-refractivity contribution in [1.29, 1.82) is 0 Å². The van der Waals surface area contributed by atoms with Crippen molar-refractivity contribution in [3.63, 3.8) is 0 Å². The van der Waals surface area contributed by atoms with Crippen LogP contribution in [0.3, 0.4) is 0 Å². The summed E-state index contributed by atoms with van der Waals surface area (Å²) in [4.78, 5) is 17.4. The average Bonchev–Trinajstić information content (AvgIpc) is 3.05. The number of carbonyl (C=O) groups excluding carboxylic acids is 1. The van der Waals surface area contributed by atoms with Crippen LogP contribution in [0, 0.1) is 5.92 Å². The van der Waals surface area contributed by atoms with Gasteiger partial charge < -0.3 is 19.3 Å². The Balaban J connectivity index is 1.69. The van der Waals surface area contributed by atoms with Crippen molar-refractivity contribution in [1.82, 2.24) is 9.80 Å². The Bertz CT molecular complexity index is 560. The van der Waals surface area contributed by atoms with Gasteiger partial charge in [0.1, 0.15) is 5.75 Å². The van der Waals surface area contributed by atoms with Crippen molar-refractivity contribution < 1.29 is 14.3 Å². The van der Waals surface area contributed by atoms with Crippen molar-refractivity contribution in [2.45, 2.75) is 31.9 Å². The summed E-state index contributed by atoms with van der Waals surface area (Å²) in [7, 11) is 3.45. The van der Waals surface area contributed by atoms with Gasteiger partial charge in [-0.25, -0.2) is 0 Å². The molecule has 5 nitrogen and oxygen atoms in total.